The van der Waals surface area contributed by atoms with E-state index in [0.29, 0.717) is 17.3 Å². The Morgan fingerprint density at radius 1 is 1.33 bits per heavy atom. The van der Waals surface area contributed by atoms with E-state index in [1.54, 1.807) is 4.88 Å². The Morgan fingerprint density at radius 2 is 2.06 bits per heavy atom. The van der Waals surface area contributed by atoms with Gasteiger partial charge in [0.15, 0.2) is 0 Å². The zero-order valence-corrected chi connectivity index (χ0v) is 13.0. The Labute approximate surface area is 116 Å². The van der Waals surface area contributed by atoms with Gasteiger partial charge in [-0.25, -0.2) is 0 Å². The quantitative estimate of drug-likeness (QED) is 0.833. The van der Waals surface area contributed by atoms with Crippen molar-refractivity contribution in [1.82, 2.24) is 0 Å². The molecular formula is C16H27NS. The van der Waals surface area contributed by atoms with Gasteiger partial charge < -0.3 is 5.73 Å². The average molecular weight is 265 g/mol. The first-order valence-electron chi connectivity index (χ1n) is 7.17. The molecule has 3 atom stereocenters. The summed E-state index contributed by atoms with van der Waals surface area (Å²) in [5, 5.41) is 2.24. The second-order valence-corrected chi connectivity index (χ2v) is 7.89. The van der Waals surface area contributed by atoms with E-state index < -0.39 is 0 Å². The minimum Gasteiger partial charge on any atom is -0.330 e. The highest BCUT2D eigenvalue weighted by Crippen LogP contribution is 2.48. The molecule has 0 radical (unpaired) electrons. The van der Waals surface area contributed by atoms with Gasteiger partial charge in [0, 0.05) is 4.88 Å². The van der Waals surface area contributed by atoms with E-state index in [2.05, 4.69) is 39.1 Å². The molecule has 102 valence electrons. The van der Waals surface area contributed by atoms with Crippen molar-refractivity contribution >= 4 is 11.3 Å². The van der Waals surface area contributed by atoms with Gasteiger partial charge >= 0.3 is 0 Å². The summed E-state index contributed by atoms with van der Waals surface area (Å²) in [4.78, 5) is 1.60. The molecule has 1 aromatic rings. The minimum atomic E-state index is 0.434. The van der Waals surface area contributed by atoms with Crippen molar-refractivity contribution in [3.8, 4) is 0 Å². The highest BCUT2D eigenvalue weighted by atomic mass is 32.1. The molecule has 1 fully saturated rings. The van der Waals surface area contributed by atoms with E-state index in [0.717, 1.165) is 12.5 Å². The molecule has 1 aliphatic rings. The van der Waals surface area contributed by atoms with Crippen LogP contribution in [0.15, 0.2) is 11.4 Å². The van der Waals surface area contributed by atoms with Gasteiger partial charge in [-0.1, -0.05) is 20.8 Å². The number of hydrogen-bond acceptors (Lipinski definition) is 2. The molecule has 0 aliphatic heterocycles. The first kappa shape index (κ1) is 14.1. The molecule has 0 spiro atoms. The number of thiophene rings is 1. The Hall–Kier alpha value is -0.340. The Bertz CT molecular complexity index is 388. The van der Waals surface area contributed by atoms with Gasteiger partial charge in [0.25, 0.3) is 0 Å². The monoisotopic (exact) mass is 265 g/mol. The van der Waals surface area contributed by atoms with Crippen LogP contribution in [-0.2, 0) is 0 Å². The molecular weight excluding hydrogens is 238 g/mol. The van der Waals surface area contributed by atoms with Crippen LogP contribution in [0.1, 0.15) is 56.4 Å². The molecule has 2 N–H and O–H groups in total. The summed E-state index contributed by atoms with van der Waals surface area (Å²) >= 11 is 1.93. The van der Waals surface area contributed by atoms with Crippen LogP contribution < -0.4 is 5.73 Å². The van der Waals surface area contributed by atoms with Crippen LogP contribution in [0.25, 0.3) is 0 Å². The topological polar surface area (TPSA) is 26.0 Å². The minimum absolute atomic E-state index is 0.434. The normalized spacial score (nSPS) is 29.5. The first-order valence-corrected chi connectivity index (χ1v) is 8.05. The van der Waals surface area contributed by atoms with Gasteiger partial charge in [0.1, 0.15) is 0 Å². The third-order valence-corrected chi connectivity index (χ3v) is 5.91. The van der Waals surface area contributed by atoms with E-state index in [1.807, 2.05) is 11.3 Å². The summed E-state index contributed by atoms with van der Waals surface area (Å²) in [5.41, 5.74) is 7.91. The van der Waals surface area contributed by atoms with Gasteiger partial charge in [-0.2, -0.15) is 0 Å². The fourth-order valence-corrected chi connectivity index (χ4v) is 4.52. The van der Waals surface area contributed by atoms with Gasteiger partial charge in [-0.05, 0) is 72.9 Å². The van der Waals surface area contributed by atoms with Crippen molar-refractivity contribution in [2.24, 2.45) is 23.0 Å². The number of hydrogen-bond donors (Lipinski definition) is 1. The molecule has 0 saturated heterocycles. The second-order valence-electron chi connectivity index (χ2n) is 6.95. The molecule has 0 bridgehead atoms. The summed E-state index contributed by atoms with van der Waals surface area (Å²) in [7, 11) is 0. The zero-order valence-electron chi connectivity index (χ0n) is 12.2. The Morgan fingerprint density at radius 3 is 2.56 bits per heavy atom. The summed E-state index contributed by atoms with van der Waals surface area (Å²) in [6.45, 7) is 10.3. The second kappa shape index (κ2) is 5.34. The van der Waals surface area contributed by atoms with E-state index in [4.69, 9.17) is 5.73 Å². The largest absolute Gasteiger partial charge is 0.330 e. The maximum Gasteiger partial charge on any atom is 0.0109 e. The predicted octanol–water partition coefficient (Wildman–Crippen LogP) is 4.56. The van der Waals surface area contributed by atoms with Gasteiger partial charge in [0.05, 0.1) is 0 Å². The van der Waals surface area contributed by atoms with Gasteiger partial charge in [-0.3, -0.25) is 0 Å². The molecule has 1 aromatic heterocycles. The van der Waals surface area contributed by atoms with Gasteiger partial charge in [-0.15, -0.1) is 11.3 Å². The summed E-state index contributed by atoms with van der Waals surface area (Å²) in [5.74, 6) is 2.24. The summed E-state index contributed by atoms with van der Waals surface area (Å²) < 4.78 is 0. The highest BCUT2D eigenvalue weighted by Gasteiger charge is 2.36. The fraction of sp³-hybridized carbons (Fsp3) is 0.750. The first-order chi connectivity index (χ1) is 8.43. The SMILES string of the molecule is Cc1ccsc1C1CC(C(C)(C)C)CCC1CN. The number of rotatable bonds is 2. The third kappa shape index (κ3) is 2.80. The highest BCUT2D eigenvalue weighted by molar-refractivity contribution is 7.10. The van der Waals surface area contributed by atoms with Crippen LogP contribution in [0.4, 0.5) is 0 Å². The Balaban J connectivity index is 2.21. The molecule has 2 heteroatoms. The van der Waals surface area contributed by atoms with E-state index in [-0.39, 0.29) is 0 Å². The van der Waals surface area contributed by atoms with E-state index >= 15 is 0 Å². The molecule has 0 aromatic carbocycles. The maximum atomic E-state index is 6.01. The molecule has 1 nitrogen and oxygen atoms in total. The van der Waals surface area contributed by atoms with Crippen molar-refractivity contribution in [3.63, 3.8) is 0 Å². The molecule has 1 heterocycles. The van der Waals surface area contributed by atoms with Crippen molar-refractivity contribution < 1.29 is 0 Å². The lowest BCUT2D eigenvalue weighted by atomic mass is 9.65. The van der Waals surface area contributed by atoms with Crippen LogP contribution in [0, 0.1) is 24.2 Å². The van der Waals surface area contributed by atoms with Crippen LogP contribution in [0.2, 0.25) is 0 Å². The lowest BCUT2D eigenvalue weighted by Gasteiger charge is -2.41. The van der Waals surface area contributed by atoms with Gasteiger partial charge in [0.2, 0.25) is 0 Å². The van der Waals surface area contributed by atoms with E-state index in [1.165, 1.54) is 24.8 Å². The zero-order chi connectivity index (χ0) is 13.3. The lowest BCUT2D eigenvalue weighted by molar-refractivity contribution is 0.134. The predicted molar refractivity (Wildman–Crippen MR) is 81.1 cm³/mol. The number of nitrogens with two attached hydrogens (primary N) is 1. The maximum absolute atomic E-state index is 6.01. The summed E-state index contributed by atoms with van der Waals surface area (Å²) in [6.07, 6.45) is 3.99. The van der Waals surface area contributed by atoms with E-state index in [9.17, 15) is 0 Å². The van der Waals surface area contributed by atoms with Crippen LogP contribution in [0.5, 0.6) is 0 Å². The van der Waals surface area contributed by atoms with Crippen LogP contribution in [0.3, 0.4) is 0 Å². The molecule has 18 heavy (non-hydrogen) atoms. The van der Waals surface area contributed by atoms with Crippen molar-refractivity contribution in [2.45, 2.75) is 52.9 Å². The number of aryl methyl sites for hydroxylation is 1. The van der Waals surface area contributed by atoms with Crippen molar-refractivity contribution in [3.05, 3.63) is 21.9 Å². The van der Waals surface area contributed by atoms with Crippen LogP contribution >= 0.6 is 11.3 Å². The molecule has 0 amide bonds. The smallest absolute Gasteiger partial charge is 0.0109 e. The molecule has 1 aliphatic carbocycles. The third-order valence-electron chi connectivity index (χ3n) is 4.76. The van der Waals surface area contributed by atoms with Crippen molar-refractivity contribution in [1.29, 1.82) is 0 Å². The molecule has 1 saturated carbocycles. The Kier molecular flexibility index (Phi) is 4.18. The molecule has 3 unspecified atom stereocenters. The summed E-state index contributed by atoms with van der Waals surface area (Å²) in [6, 6.07) is 2.26. The molecule has 2 rings (SSSR count). The lowest BCUT2D eigenvalue weighted by Crippen LogP contribution is -2.33. The average Bonchev–Trinajstić information content (AvgIpc) is 2.73. The fourth-order valence-electron chi connectivity index (χ4n) is 3.39. The van der Waals surface area contributed by atoms with Crippen molar-refractivity contribution in [2.75, 3.05) is 6.54 Å². The van der Waals surface area contributed by atoms with Crippen LogP contribution in [-0.4, -0.2) is 6.54 Å². The standard InChI is InChI=1S/C16H27NS/c1-11-7-8-18-15(11)14-9-13(16(2,3)4)6-5-12(14)10-17/h7-8,12-14H,5-6,9-10,17H2,1-4H3.